The maximum absolute atomic E-state index is 14.2. The average molecular weight is 461 g/mol. The van der Waals surface area contributed by atoms with E-state index in [1.165, 1.54) is 6.07 Å². The molecule has 0 unspecified atom stereocenters. The third kappa shape index (κ3) is 3.44. The highest BCUT2D eigenvalue weighted by Gasteiger charge is 2.39. The van der Waals surface area contributed by atoms with Gasteiger partial charge in [0.2, 0.25) is 0 Å². The first-order valence-corrected chi connectivity index (χ1v) is 11.2. The van der Waals surface area contributed by atoms with Gasteiger partial charge in [0.1, 0.15) is 5.82 Å². The Kier molecular flexibility index (Phi) is 5.18. The molecule has 0 saturated carbocycles. The number of rotatable bonds is 5. The van der Waals surface area contributed by atoms with E-state index in [1.807, 2.05) is 26.0 Å². The number of carboxylic acid groups (broad SMARTS) is 1. The van der Waals surface area contributed by atoms with Gasteiger partial charge in [-0.2, -0.15) is 10.4 Å². The number of fused-ring (bicyclic) bond motifs is 2. The summed E-state index contributed by atoms with van der Waals surface area (Å²) in [6.07, 6.45) is 1.47. The van der Waals surface area contributed by atoms with Crippen LogP contribution in [0.3, 0.4) is 0 Å². The van der Waals surface area contributed by atoms with Gasteiger partial charge in [-0.25, -0.2) is 9.18 Å². The second-order valence-electron chi connectivity index (χ2n) is 9.67. The molecule has 0 radical (unpaired) electrons. The third-order valence-electron chi connectivity index (χ3n) is 6.81. The predicted octanol–water partition coefficient (Wildman–Crippen LogP) is 5.10. The summed E-state index contributed by atoms with van der Waals surface area (Å²) < 4.78 is 21.9. The summed E-state index contributed by atoms with van der Waals surface area (Å²) in [5, 5.41) is 28.2. The molecule has 1 saturated heterocycles. The number of aliphatic carboxylic acids is 1. The molecular weight excluding hydrogens is 435 g/mol. The van der Waals surface area contributed by atoms with Crippen LogP contribution in [-0.4, -0.2) is 38.6 Å². The Hall–Kier alpha value is -3.70. The number of carbonyl (C=O) groups is 1. The van der Waals surface area contributed by atoms with Crippen molar-refractivity contribution in [3.05, 3.63) is 59.2 Å². The first-order valence-electron chi connectivity index (χ1n) is 11.2. The summed E-state index contributed by atoms with van der Waals surface area (Å²) in [4.78, 5) is 11.6. The molecule has 1 fully saturated rings. The molecule has 0 spiro atoms. The molecule has 2 aromatic carbocycles. The van der Waals surface area contributed by atoms with E-state index in [0.29, 0.717) is 12.0 Å². The van der Waals surface area contributed by atoms with E-state index in [1.54, 1.807) is 25.3 Å². The van der Waals surface area contributed by atoms with Crippen molar-refractivity contribution < 1.29 is 19.0 Å². The second kappa shape index (κ2) is 7.96. The molecule has 0 aliphatic carbocycles. The first kappa shape index (κ1) is 22.1. The number of H-pyrrole nitrogens is 1. The lowest BCUT2D eigenvalue weighted by Gasteiger charge is -2.28. The van der Waals surface area contributed by atoms with Crippen molar-refractivity contribution in [1.82, 2.24) is 14.8 Å². The van der Waals surface area contributed by atoms with Gasteiger partial charge in [-0.15, -0.1) is 0 Å². The number of aromatic amines is 1. The fourth-order valence-electron chi connectivity index (χ4n) is 5.15. The van der Waals surface area contributed by atoms with Gasteiger partial charge in [0.25, 0.3) is 0 Å². The van der Waals surface area contributed by atoms with Gasteiger partial charge in [-0.3, -0.25) is 5.10 Å². The van der Waals surface area contributed by atoms with Crippen molar-refractivity contribution in [2.75, 3.05) is 6.61 Å². The largest absolute Gasteiger partial charge is 0.479 e. The van der Waals surface area contributed by atoms with Crippen molar-refractivity contribution in [1.29, 1.82) is 5.26 Å². The molecule has 2 atom stereocenters. The normalized spacial score (nSPS) is 18.6. The molecule has 8 heteroatoms. The van der Waals surface area contributed by atoms with Crippen LogP contribution < -0.4 is 0 Å². The SMILES string of the molecule is Cc1cc(-n2c(C(C)(C)CC#N)c([C@@H]3CO[C@@H](C(=O)O)C3)c3cc4[nH]ncc4cc32)ccc1F. The minimum absolute atomic E-state index is 0.167. The third-order valence-corrected chi connectivity index (χ3v) is 6.81. The second-order valence-corrected chi connectivity index (χ2v) is 9.67. The molecule has 4 aromatic rings. The van der Waals surface area contributed by atoms with Gasteiger partial charge in [-0.1, -0.05) is 13.8 Å². The fraction of sp³-hybridized carbons (Fsp3) is 0.346. The summed E-state index contributed by atoms with van der Waals surface area (Å²) >= 11 is 0. The summed E-state index contributed by atoms with van der Waals surface area (Å²) in [6, 6.07) is 11.4. The quantitative estimate of drug-likeness (QED) is 0.431. The van der Waals surface area contributed by atoms with E-state index >= 15 is 0 Å². The van der Waals surface area contributed by atoms with Crippen molar-refractivity contribution in [3.63, 3.8) is 0 Å². The molecule has 2 aromatic heterocycles. The summed E-state index contributed by atoms with van der Waals surface area (Å²) in [5.41, 5.74) is 4.37. The first-order chi connectivity index (χ1) is 16.2. The summed E-state index contributed by atoms with van der Waals surface area (Å²) in [6.45, 7) is 6.02. The van der Waals surface area contributed by atoms with Crippen LogP contribution in [0.2, 0.25) is 0 Å². The highest BCUT2D eigenvalue weighted by atomic mass is 19.1. The van der Waals surface area contributed by atoms with E-state index in [9.17, 15) is 19.6 Å². The van der Waals surface area contributed by atoms with E-state index in [0.717, 1.165) is 38.8 Å². The minimum atomic E-state index is -0.978. The number of halogens is 1. The van der Waals surface area contributed by atoms with Crippen LogP contribution in [0.4, 0.5) is 4.39 Å². The maximum Gasteiger partial charge on any atom is 0.332 e. The van der Waals surface area contributed by atoms with Gasteiger partial charge in [0, 0.05) is 39.9 Å². The monoisotopic (exact) mass is 460 g/mol. The van der Waals surface area contributed by atoms with Crippen molar-refractivity contribution in [3.8, 4) is 11.8 Å². The maximum atomic E-state index is 14.2. The smallest absolute Gasteiger partial charge is 0.332 e. The molecule has 3 heterocycles. The average Bonchev–Trinajstić information content (AvgIpc) is 3.50. The van der Waals surface area contributed by atoms with Crippen LogP contribution in [0, 0.1) is 24.1 Å². The van der Waals surface area contributed by atoms with Crippen LogP contribution >= 0.6 is 0 Å². The molecule has 174 valence electrons. The molecular formula is C26H25FN4O3. The Balaban J connectivity index is 1.89. The van der Waals surface area contributed by atoms with Gasteiger partial charge >= 0.3 is 5.97 Å². The lowest BCUT2D eigenvalue weighted by atomic mass is 9.79. The highest BCUT2D eigenvalue weighted by Crippen LogP contribution is 2.46. The van der Waals surface area contributed by atoms with E-state index in [2.05, 4.69) is 20.8 Å². The molecule has 1 aliphatic rings. The molecule has 7 nitrogen and oxygen atoms in total. The lowest BCUT2D eigenvalue weighted by molar-refractivity contribution is -0.147. The zero-order valence-corrected chi connectivity index (χ0v) is 19.2. The number of aromatic nitrogens is 3. The zero-order valence-electron chi connectivity index (χ0n) is 19.2. The van der Waals surface area contributed by atoms with Crippen LogP contribution in [0.15, 0.2) is 36.5 Å². The fourth-order valence-corrected chi connectivity index (χ4v) is 5.15. The standard InChI is InChI=1S/C26H25FN4O3/c1-14-8-17(4-5-19(14)27)31-21-9-15-12-29-30-20(15)11-18(21)23(24(31)26(2,3)6-7-28)16-10-22(25(32)33)34-13-16/h4-5,8-9,11-12,16,22H,6,10,13H2,1-3H3,(H,29,30)(H,32,33)/t16-,22+/m0/s1. The molecule has 5 rings (SSSR count). The Morgan fingerprint density at radius 3 is 2.85 bits per heavy atom. The van der Waals surface area contributed by atoms with Crippen molar-refractivity contribution in [2.45, 2.75) is 51.0 Å². The Morgan fingerprint density at radius 1 is 1.38 bits per heavy atom. The number of nitriles is 1. The van der Waals surface area contributed by atoms with E-state index in [4.69, 9.17) is 4.74 Å². The Bertz CT molecular complexity index is 1480. The summed E-state index contributed by atoms with van der Waals surface area (Å²) in [5.74, 6) is -1.43. The van der Waals surface area contributed by atoms with Gasteiger partial charge in [-0.05, 0) is 54.8 Å². The van der Waals surface area contributed by atoms with Crippen LogP contribution in [-0.2, 0) is 14.9 Å². The molecule has 2 N–H and O–H groups in total. The van der Waals surface area contributed by atoms with E-state index < -0.39 is 17.5 Å². The van der Waals surface area contributed by atoms with Crippen LogP contribution in [0.5, 0.6) is 0 Å². The molecule has 0 amide bonds. The van der Waals surface area contributed by atoms with Crippen molar-refractivity contribution in [2.24, 2.45) is 0 Å². The molecule has 0 bridgehead atoms. The molecule has 1 aliphatic heterocycles. The number of benzene rings is 2. The predicted molar refractivity (Wildman–Crippen MR) is 126 cm³/mol. The van der Waals surface area contributed by atoms with Gasteiger partial charge in [0.15, 0.2) is 6.10 Å². The Labute approximate surface area is 195 Å². The van der Waals surface area contributed by atoms with Crippen LogP contribution in [0.1, 0.15) is 49.4 Å². The molecule has 34 heavy (non-hydrogen) atoms. The van der Waals surface area contributed by atoms with Gasteiger partial charge < -0.3 is 14.4 Å². The van der Waals surface area contributed by atoms with Gasteiger partial charge in [0.05, 0.1) is 29.9 Å². The Morgan fingerprint density at radius 2 is 2.18 bits per heavy atom. The highest BCUT2D eigenvalue weighted by molar-refractivity contribution is 5.99. The van der Waals surface area contributed by atoms with Crippen LogP contribution in [0.25, 0.3) is 27.5 Å². The lowest BCUT2D eigenvalue weighted by Crippen LogP contribution is -2.24. The number of nitrogens with zero attached hydrogens (tertiary/aromatic N) is 3. The van der Waals surface area contributed by atoms with Crippen molar-refractivity contribution >= 4 is 27.8 Å². The topological polar surface area (TPSA) is 104 Å². The number of ether oxygens (including phenoxy) is 1. The number of aryl methyl sites for hydroxylation is 1. The number of hydrogen-bond acceptors (Lipinski definition) is 4. The minimum Gasteiger partial charge on any atom is -0.479 e. The summed E-state index contributed by atoms with van der Waals surface area (Å²) in [7, 11) is 0. The number of nitrogens with one attached hydrogen (secondary N) is 1. The van der Waals surface area contributed by atoms with E-state index in [-0.39, 0.29) is 24.8 Å². The number of carboxylic acids is 1. The number of hydrogen-bond donors (Lipinski definition) is 2. The zero-order chi connectivity index (χ0) is 24.2.